The van der Waals surface area contributed by atoms with Crippen molar-refractivity contribution in [3.63, 3.8) is 0 Å². The molecule has 0 heterocycles. The summed E-state index contributed by atoms with van der Waals surface area (Å²) < 4.78 is 5.62. The van der Waals surface area contributed by atoms with Gasteiger partial charge < -0.3 is 10.5 Å². The van der Waals surface area contributed by atoms with Crippen molar-refractivity contribution >= 4 is 63.6 Å². The Hall–Kier alpha value is -0.710. The molecule has 0 aromatic heterocycles. The van der Waals surface area contributed by atoms with Gasteiger partial charge in [0.2, 0.25) is 0 Å². The second-order valence-electron chi connectivity index (χ2n) is 3.81. The summed E-state index contributed by atoms with van der Waals surface area (Å²) in [5.41, 5.74) is 6.18. The highest BCUT2D eigenvalue weighted by Crippen LogP contribution is 2.38. The molecule has 0 fully saturated rings. The monoisotopic (exact) mass is 365 g/mol. The van der Waals surface area contributed by atoms with Crippen molar-refractivity contribution < 1.29 is 4.74 Å². The van der Waals surface area contributed by atoms with E-state index in [0.717, 1.165) is 0 Å². The zero-order chi connectivity index (χ0) is 14.9. The molecular weight excluding hydrogens is 360 g/mol. The van der Waals surface area contributed by atoms with Crippen LogP contribution in [0.15, 0.2) is 30.3 Å². The Balaban J connectivity index is 2.35. The van der Waals surface area contributed by atoms with Crippen molar-refractivity contribution in [1.29, 1.82) is 0 Å². The summed E-state index contributed by atoms with van der Waals surface area (Å²) in [7, 11) is 0. The van der Waals surface area contributed by atoms with Gasteiger partial charge in [-0.05, 0) is 24.3 Å². The molecule has 7 heteroatoms. The van der Waals surface area contributed by atoms with Gasteiger partial charge >= 0.3 is 0 Å². The predicted octanol–water partition coefficient (Wildman–Crippen LogP) is 5.73. The molecule has 0 spiro atoms. The van der Waals surface area contributed by atoms with Crippen LogP contribution in [0.5, 0.6) is 11.5 Å². The molecule has 0 atom stereocenters. The second kappa shape index (κ2) is 6.37. The fourth-order valence-electron chi connectivity index (χ4n) is 1.44. The zero-order valence-corrected chi connectivity index (χ0v) is 13.6. The van der Waals surface area contributed by atoms with Crippen LogP contribution in [-0.2, 0) is 0 Å². The van der Waals surface area contributed by atoms with Crippen LogP contribution < -0.4 is 10.5 Å². The van der Waals surface area contributed by atoms with E-state index in [-0.39, 0.29) is 4.99 Å². The lowest BCUT2D eigenvalue weighted by molar-refractivity contribution is 0.483. The lowest BCUT2D eigenvalue weighted by Gasteiger charge is -2.11. The Labute approximate surface area is 141 Å². The first-order valence-electron chi connectivity index (χ1n) is 5.30. The summed E-state index contributed by atoms with van der Waals surface area (Å²) in [6, 6.07) is 7.98. The van der Waals surface area contributed by atoms with Crippen molar-refractivity contribution in [2.75, 3.05) is 0 Å². The number of ether oxygens (including phenoxy) is 1. The number of nitrogens with two attached hydrogens (primary N) is 1. The van der Waals surface area contributed by atoms with E-state index in [0.29, 0.717) is 37.2 Å². The van der Waals surface area contributed by atoms with Gasteiger partial charge in [-0.3, -0.25) is 0 Å². The van der Waals surface area contributed by atoms with Gasteiger partial charge in [0.25, 0.3) is 0 Å². The summed E-state index contributed by atoms with van der Waals surface area (Å²) in [5, 5.41) is 1.37. The SMILES string of the molecule is NC(=S)c1ccc(Oc2cc(Cl)c(Cl)cc2Cl)c(Cl)c1. The minimum atomic E-state index is 0.256. The van der Waals surface area contributed by atoms with Crippen LogP contribution in [0.2, 0.25) is 20.1 Å². The second-order valence-corrected chi connectivity index (χ2v) is 5.88. The number of hydrogen-bond acceptors (Lipinski definition) is 2. The Morgan fingerprint density at radius 3 is 2.05 bits per heavy atom. The van der Waals surface area contributed by atoms with Crippen LogP contribution in [0.25, 0.3) is 0 Å². The van der Waals surface area contributed by atoms with Gasteiger partial charge in [-0.15, -0.1) is 0 Å². The molecule has 2 rings (SSSR count). The maximum Gasteiger partial charge on any atom is 0.147 e. The fraction of sp³-hybridized carbons (Fsp3) is 0. The van der Waals surface area contributed by atoms with E-state index >= 15 is 0 Å². The average Bonchev–Trinajstić information content (AvgIpc) is 2.37. The molecule has 0 amide bonds. The highest BCUT2D eigenvalue weighted by molar-refractivity contribution is 7.80. The van der Waals surface area contributed by atoms with Gasteiger partial charge in [-0.1, -0.05) is 58.6 Å². The molecule has 0 aliphatic rings. The minimum Gasteiger partial charge on any atom is -0.454 e. The van der Waals surface area contributed by atoms with Crippen molar-refractivity contribution in [3.8, 4) is 11.5 Å². The van der Waals surface area contributed by atoms with E-state index in [9.17, 15) is 0 Å². The average molecular weight is 367 g/mol. The standard InChI is InChI=1S/C13H7Cl4NOS/c14-7-4-10(17)12(5-8(7)15)19-11-2-1-6(13(18)20)3-9(11)16/h1-5H,(H2,18,20). The molecule has 0 saturated heterocycles. The lowest BCUT2D eigenvalue weighted by atomic mass is 10.2. The first-order valence-corrected chi connectivity index (χ1v) is 7.22. The van der Waals surface area contributed by atoms with Crippen LogP contribution in [0, 0.1) is 0 Å². The Bertz CT molecular complexity index is 690. The van der Waals surface area contributed by atoms with E-state index in [2.05, 4.69) is 0 Å². The highest BCUT2D eigenvalue weighted by Gasteiger charge is 2.11. The third-order valence-corrected chi connectivity index (χ3v) is 3.96. The van der Waals surface area contributed by atoms with Crippen molar-refractivity contribution in [1.82, 2.24) is 0 Å². The van der Waals surface area contributed by atoms with Crippen LogP contribution in [0.3, 0.4) is 0 Å². The topological polar surface area (TPSA) is 35.2 Å². The smallest absolute Gasteiger partial charge is 0.147 e. The summed E-state index contributed by atoms with van der Waals surface area (Å²) in [6.07, 6.45) is 0. The maximum absolute atomic E-state index is 6.10. The fourth-order valence-corrected chi connectivity index (χ4v) is 2.36. The molecule has 0 saturated carbocycles. The summed E-state index contributed by atoms with van der Waals surface area (Å²) in [5.74, 6) is 0.762. The molecule has 0 radical (unpaired) electrons. The third kappa shape index (κ3) is 3.48. The first-order chi connectivity index (χ1) is 9.38. The summed E-state index contributed by atoms with van der Waals surface area (Å²) in [6.45, 7) is 0. The molecule has 2 aromatic carbocycles. The van der Waals surface area contributed by atoms with Gasteiger partial charge in [0.05, 0.1) is 20.1 Å². The Morgan fingerprint density at radius 1 is 0.850 bits per heavy atom. The van der Waals surface area contributed by atoms with Crippen LogP contribution in [0.1, 0.15) is 5.56 Å². The van der Waals surface area contributed by atoms with E-state index in [1.807, 2.05) is 0 Å². The largest absolute Gasteiger partial charge is 0.454 e. The molecule has 0 unspecified atom stereocenters. The number of rotatable bonds is 3. The number of thiocarbonyl (C=S) groups is 1. The third-order valence-electron chi connectivity index (χ3n) is 2.41. The predicted molar refractivity (Wildman–Crippen MR) is 88.9 cm³/mol. The lowest BCUT2D eigenvalue weighted by Crippen LogP contribution is -2.08. The van der Waals surface area contributed by atoms with Crippen LogP contribution in [0.4, 0.5) is 0 Å². The first kappa shape index (κ1) is 15.7. The summed E-state index contributed by atoms with van der Waals surface area (Å²) in [4.78, 5) is 0.256. The molecule has 2 N–H and O–H groups in total. The van der Waals surface area contributed by atoms with E-state index < -0.39 is 0 Å². The minimum absolute atomic E-state index is 0.256. The van der Waals surface area contributed by atoms with Gasteiger partial charge in [0, 0.05) is 11.6 Å². The maximum atomic E-state index is 6.10. The molecule has 2 aromatic rings. The molecule has 104 valence electrons. The van der Waals surface area contributed by atoms with E-state index in [1.54, 1.807) is 18.2 Å². The van der Waals surface area contributed by atoms with Crippen molar-refractivity contribution in [2.24, 2.45) is 5.73 Å². The number of benzene rings is 2. The highest BCUT2D eigenvalue weighted by atomic mass is 35.5. The molecule has 0 bridgehead atoms. The number of halogens is 4. The van der Waals surface area contributed by atoms with Crippen LogP contribution >= 0.6 is 58.6 Å². The van der Waals surface area contributed by atoms with Gasteiger partial charge in [0.1, 0.15) is 16.5 Å². The Kier molecular flexibility index (Phi) is 4.99. The van der Waals surface area contributed by atoms with E-state index in [4.69, 9.17) is 69.1 Å². The molecule has 20 heavy (non-hydrogen) atoms. The Morgan fingerprint density at radius 2 is 1.45 bits per heavy atom. The molecule has 0 aliphatic carbocycles. The molecule has 2 nitrogen and oxygen atoms in total. The molecular formula is C13H7Cl4NOS. The van der Waals surface area contributed by atoms with Gasteiger partial charge in [0.15, 0.2) is 0 Å². The summed E-state index contributed by atoms with van der Waals surface area (Å²) >= 11 is 28.8. The van der Waals surface area contributed by atoms with E-state index in [1.165, 1.54) is 12.1 Å². The normalized spacial score (nSPS) is 10.4. The van der Waals surface area contributed by atoms with Crippen LogP contribution in [-0.4, -0.2) is 4.99 Å². The quantitative estimate of drug-likeness (QED) is 0.556. The van der Waals surface area contributed by atoms with Crippen molar-refractivity contribution in [2.45, 2.75) is 0 Å². The van der Waals surface area contributed by atoms with Gasteiger partial charge in [-0.2, -0.15) is 0 Å². The molecule has 0 aliphatic heterocycles. The zero-order valence-electron chi connectivity index (χ0n) is 9.79. The van der Waals surface area contributed by atoms with Crippen molar-refractivity contribution in [3.05, 3.63) is 56.0 Å². The van der Waals surface area contributed by atoms with Gasteiger partial charge in [-0.25, -0.2) is 0 Å². The number of hydrogen-bond donors (Lipinski definition) is 1.